The normalized spacial score (nSPS) is 19.5. The Balaban J connectivity index is 2.77. The van der Waals surface area contributed by atoms with Crippen LogP contribution >= 0.6 is 0 Å². The molecule has 0 spiro atoms. The highest BCUT2D eigenvalue weighted by Gasteiger charge is 2.37. The number of allylic oxidation sites excluding steroid dienone is 6. The summed E-state index contributed by atoms with van der Waals surface area (Å²) in [5.41, 5.74) is 0.414. The van der Waals surface area contributed by atoms with Gasteiger partial charge in [-0.3, -0.25) is 0 Å². The molecule has 1 aliphatic rings. The van der Waals surface area contributed by atoms with Crippen LogP contribution < -0.4 is 0 Å². The van der Waals surface area contributed by atoms with E-state index in [0.29, 0.717) is 12.0 Å². The predicted molar refractivity (Wildman–Crippen MR) is 46.2 cm³/mol. The van der Waals surface area contributed by atoms with E-state index in [0.717, 1.165) is 0 Å². The fourth-order valence-corrected chi connectivity index (χ4v) is 1.13. The molecule has 0 fully saturated rings. The van der Waals surface area contributed by atoms with Gasteiger partial charge in [-0.2, -0.15) is 13.2 Å². The molecule has 0 aliphatic heterocycles. The van der Waals surface area contributed by atoms with Crippen LogP contribution in [0.3, 0.4) is 0 Å². The van der Waals surface area contributed by atoms with E-state index >= 15 is 0 Å². The Morgan fingerprint density at radius 3 is 2.54 bits per heavy atom. The van der Waals surface area contributed by atoms with Crippen LogP contribution in [-0.2, 0) is 0 Å². The van der Waals surface area contributed by atoms with Crippen LogP contribution in [0.25, 0.3) is 0 Å². The van der Waals surface area contributed by atoms with Crippen molar-refractivity contribution in [2.75, 3.05) is 0 Å². The summed E-state index contributed by atoms with van der Waals surface area (Å²) in [7, 11) is 0. The minimum absolute atomic E-state index is 0.383. The third kappa shape index (κ3) is 2.76. The molecule has 13 heavy (non-hydrogen) atoms. The predicted octanol–water partition coefficient (Wildman–Crippen LogP) is 3.63. The third-order valence-corrected chi connectivity index (χ3v) is 2.07. The zero-order valence-corrected chi connectivity index (χ0v) is 7.31. The highest BCUT2D eigenvalue weighted by Crippen LogP contribution is 2.33. The first-order valence-electron chi connectivity index (χ1n) is 4.11. The molecule has 0 saturated heterocycles. The lowest BCUT2D eigenvalue weighted by Gasteiger charge is -2.17. The van der Waals surface area contributed by atoms with Gasteiger partial charge in [-0.25, -0.2) is 0 Å². The first kappa shape index (κ1) is 10.1. The summed E-state index contributed by atoms with van der Waals surface area (Å²) in [6.07, 6.45) is 4.66. The van der Waals surface area contributed by atoms with Gasteiger partial charge in [0.25, 0.3) is 0 Å². The van der Waals surface area contributed by atoms with E-state index in [-0.39, 0.29) is 0 Å². The Morgan fingerprint density at radius 1 is 1.23 bits per heavy atom. The number of halogens is 3. The average molecular weight is 188 g/mol. The van der Waals surface area contributed by atoms with Crippen molar-refractivity contribution in [1.29, 1.82) is 0 Å². The lowest BCUT2D eigenvalue weighted by molar-refractivity contribution is -0.159. The molecule has 72 valence electrons. The highest BCUT2D eigenvalue weighted by atomic mass is 19.4. The molecular weight excluding hydrogens is 177 g/mol. The number of hydrogen-bond donors (Lipinski definition) is 0. The van der Waals surface area contributed by atoms with E-state index in [1.165, 1.54) is 13.0 Å². The van der Waals surface area contributed by atoms with Crippen LogP contribution in [0.4, 0.5) is 13.2 Å². The second kappa shape index (κ2) is 3.81. The van der Waals surface area contributed by atoms with Gasteiger partial charge < -0.3 is 0 Å². The summed E-state index contributed by atoms with van der Waals surface area (Å²) in [6, 6.07) is 0. The van der Waals surface area contributed by atoms with E-state index < -0.39 is 12.1 Å². The molecule has 0 aromatic heterocycles. The van der Waals surface area contributed by atoms with Crippen LogP contribution in [0.2, 0.25) is 0 Å². The summed E-state index contributed by atoms with van der Waals surface area (Å²) >= 11 is 0. The van der Waals surface area contributed by atoms with Crippen molar-refractivity contribution in [3.05, 3.63) is 36.0 Å². The fraction of sp³-hybridized carbons (Fsp3) is 0.400. The molecule has 3 heteroatoms. The molecule has 0 nitrogen and oxygen atoms in total. The standard InChI is InChI=1S/C10H11F3/c1-8(10(11,12)13)9-6-4-2-3-5-7-9/h2-6,8H,7H2,1H3. The monoisotopic (exact) mass is 188 g/mol. The molecule has 0 aromatic carbocycles. The van der Waals surface area contributed by atoms with Gasteiger partial charge in [0.05, 0.1) is 5.92 Å². The van der Waals surface area contributed by atoms with Crippen LogP contribution in [0.15, 0.2) is 36.0 Å². The quantitative estimate of drug-likeness (QED) is 0.589. The number of rotatable bonds is 1. The zero-order valence-electron chi connectivity index (χ0n) is 7.31. The molecule has 1 atom stereocenters. The van der Waals surface area contributed by atoms with Crippen molar-refractivity contribution >= 4 is 0 Å². The molecule has 1 unspecified atom stereocenters. The number of hydrogen-bond acceptors (Lipinski definition) is 0. The first-order valence-corrected chi connectivity index (χ1v) is 4.11. The maximum Gasteiger partial charge on any atom is 0.395 e. The van der Waals surface area contributed by atoms with Gasteiger partial charge in [-0.05, 0) is 13.3 Å². The smallest absolute Gasteiger partial charge is 0.170 e. The molecular formula is C10H11F3. The maximum absolute atomic E-state index is 12.3. The van der Waals surface area contributed by atoms with Gasteiger partial charge in [0.1, 0.15) is 0 Å². The Bertz CT molecular complexity index is 256. The highest BCUT2D eigenvalue weighted by molar-refractivity contribution is 5.25. The van der Waals surface area contributed by atoms with Gasteiger partial charge in [0.15, 0.2) is 0 Å². The third-order valence-electron chi connectivity index (χ3n) is 2.07. The first-order chi connectivity index (χ1) is 6.02. The molecule has 1 rings (SSSR count). The SMILES string of the molecule is CC(C1=CC=CC=CC1)C(F)(F)F. The molecule has 0 amide bonds. The Morgan fingerprint density at radius 2 is 1.92 bits per heavy atom. The van der Waals surface area contributed by atoms with E-state index in [1.807, 2.05) is 0 Å². The van der Waals surface area contributed by atoms with Gasteiger partial charge >= 0.3 is 6.18 Å². The van der Waals surface area contributed by atoms with Crippen molar-refractivity contribution in [2.45, 2.75) is 19.5 Å². The lowest BCUT2D eigenvalue weighted by Crippen LogP contribution is -2.21. The van der Waals surface area contributed by atoms with Crippen molar-refractivity contribution < 1.29 is 13.2 Å². The van der Waals surface area contributed by atoms with Gasteiger partial charge in [0.2, 0.25) is 0 Å². The average Bonchev–Trinajstić information content (AvgIpc) is 2.28. The van der Waals surface area contributed by atoms with E-state index in [9.17, 15) is 13.2 Å². The van der Waals surface area contributed by atoms with E-state index in [1.54, 1.807) is 24.3 Å². The van der Waals surface area contributed by atoms with Gasteiger partial charge in [-0.1, -0.05) is 36.0 Å². The summed E-state index contributed by atoms with van der Waals surface area (Å²) in [4.78, 5) is 0. The second-order valence-electron chi connectivity index (χ2n) is 3.02. The van der Waals surface area contributed by atoms with Gasteiger partial charge in [-0.15, -0.1) is 0 Å². The van der Waals surface area contributed by atoms with E-state index in [4.69, 9.17) is 0 Å². The Hall–Kier alpha value is -0.990. The minimum atomic E-state index is -4.13. The molecule has 0 N–H and O–H groups in total. The summed E-state index contributed by atoms with van der Waals surface area (Å²) in [5, 5.41) is 0. The molecule has 0 radical (unpaired) electrons. The summed E-state index contributed by atoms with van der Waals surface area (Å²) in [6.45, 7) is 1.19. The van der Waals surface area contributed by atoms with Crippen LogP contribution in [0.1, 0.15) is 13.3 Å². The largest absolute Gasteiger partial charge is 0.395 e. The van der Waals surface area contributed by atoms with Crippen LogP contribution in [0.5, 0.6) is 0 Å². The molecule has 0 bridgehead atoms. The van der Waals surface area contributed by atoms with Crippen molar-refractivity contribution in [3.8, 4) is 0 Å². The molecule has 0 aromatic rings. The van der Waals surface area contributed by atoms with Crippen LogP contribution in [-0.4, -0.2) is 6.18 Å². The van der Waals surface area contributed by atoms with E-state index in [2.05, 4.69) is 0 Å². The number of alkyl halides is 3. The zero-order chi connectivity index (χ0) is 9.90. The molecule has 1 aliphatic carbocycles. The summed E-state index contributed by atoms with van der Waals surface area (Å²) in [5.74, 6) is -1.35. The minimum Gasteiger partial charge on any atom is -0.170 e. The topological polar surface area (TPSA) is 0 Å². The summed E-state index contributed by atoms with van der Waals surface area (Å²) < 4.78 is 36.8. The fourth-order valence-electron chi connectivity index (χ4n) is 1.13. The van der Waals surface area contributed by atoms with Gasteiger partial charge in [0, 0.05) is 0 Å². The maximum atomic E-state index is 12.3. The molecule has 0 saturated carbocycles. The van der Waals surface area contributed by atoms with Crippen LogP contribution in [0, 0.1) is 5.92 Å². The Kier molecular flexibility index (Phi) is 2.96. The lowest BCUT2D eigenvalue weighted by atomic mass is 9.97. The molecule has 0 heterocycles. The van der Waals surface area contributed by atoms with Crippen molar-refractivity contribution in [2.24, 2.45) is 5.92 Å². The van der Waals surface area contributed by atoms with Crippen molar-refractivity contribution in [1.82, 2.24) is 0 Å². The van der Waals surface area contributed by atoms with Crippen molar-refractivity contribution in [3.63, 3.8) is 0 Å². The Labute approximate surface area is 75.4 Å². The second-order valence-corrected chi connectivity index (χ2v) is 3.02.